The van der Waals surface area contributed by atoms with Crippen LogP contribution in [0.25, 0.3) is 0 Å². The van der Waals surface area contributed by atoms with E-state index in [0.29, 0.717) is 5.75 Å². The SMILES string of the molecule is Nc1cccc(CCCSc2ccccc2O)c1. The van der Waals surface area contributed by atoms with E-state index >= 15 is 0 Å². The van der Waals surface area contributed by atoms with E-state index in [1.54, 1.807) is 17.8 Å². The number of rotatable bonds is 5. The van der Waals surface area contributed by atoms with Gasteiger partial charge in [-0.3, -0.25) is 0 Å². The molecule has 0 bridgehead atoms. The third-order valence-corrected chi connectivity index (χ3v) is 3.83. The molecule has 3 heteroatoms. The molecule has 0 unspecified atom stereocenters. The van der Waals surface area contributed by atoms with E-state index in [2.05, 4.69) is 6.07 Å². The molecule has 0 spiro atoms. The second-order valence-corrected chi connectivity index (χ2v) is 5.30. The standard InChI is InChI=1S/C15H17NOS/c16-13-7-3-5-12(11-13)6-4-10-18-15-9-2-1-8-14(15)17/h1-3,5,7-9,11,17H,4,6,10,16H2. The zero-order chi connectivity index (χ0) is 12.8. The Morgan fingerprint density at radius 1 is 1.06 bits per heavy atom. The van der Waals surface area contributed by atoms with Gasteiger partial charge in [-0.1, -0.05) is 24.3 Å². The Kier molecular flexibility index (Phi) is 4.53. The van der Waals surface area contributed by atoms with E-state index in [1.807, 2.05) is 36.4 Å². The Bertz CT molecular complexity index is 513. The molecule has 94 valence electrons. The Morgan fingerprint density at radius 2 is 1.89 bits per heavy atom. The molecule has 0 heterocycles. The van der Waals surface area contributed by atoms with E-state index in [4.69, 9.17) is 5.73 Å². The summed E-state index contributed by atoms with van der Waals surface area (Å²) in [6.45, 7) is 0. The first-order valence-electron chi connectivity index (χ1n) is 6.01. The first kappa shape index (κ1) is 12.8. The van der Waals surface area contributed by atoms with Crippen molar-refractivity contribution in [2.45, 2.75) is 17.7 Å². The minimum atomic E-state index is 0.367. The number of hydrogen-bond donors (Lipinski definition) is 2. The summed E-state index contributed by atoms with van der Waals surface area (Å²) in [5.74, 6) is 1.36. The molecule has 2 aromatic rings. The van der Waals surface area contributed by atoms with Crippen LogP contribution in [0.3, 0.4) is 0 Å². The van der Waals surface area contributed by atoms with Crippen LogP contribution in [0, 0.1) is 0 Å². The molecule has 0 aromatic heterocycles. The van der Waals surface area contributed by atoms with Crippen molar-refractivity contribution < 1.29 is 5.11 Å². The lowest BCUT2D eigenvalue weighted by Crippen LogP contribution is -1.90. The van der Waals surface area contributed by atoms with E-state index in [-0.39, 0.29) is 0 Å². The highest BCUT2D eigenvalue weighted by Gasteiger charge is 2.00. The second kappa shape index (κ2) is 6.36. The number of hydrogen-bond acceptors (Lipinski definition) is 3. The van der Waals surface area contributed by atoms with Gasteiger partial charge in [0.2, 0.25) is 0 Å². The van der Waals surface area contributed by atoms with Crippen LogP contribution >= 0.6 is 11.8 Å². The van der Waals surface area contributed by atoms with Gasteiger partial charge in [-0.15, -0.1) is 11.8 Å². The maximum Gasteiger partial charge on any atom is 0.129 e. The number of nitrogens with two attached hydrogens (primary N) is 1. The number of aryl methyl sites for hydroxylation is 1. The van der Waals surface area contributed by atoms with Crippen molar-refractivity contribution >= 4 is 17.4 Å². The van der Waals surface area contributed by atoms with Crippen molar-refractivity contribution in [2.24, 2.45) is 0 Å². The summed E-state index contributed by atoms with van der Waals surface area (Å²) < 4.78 is 0. The number of benzene rings is 2. The zero-order valence-electron chi connectivity index (χ0n) is 10.2. The van der Waals surface area contributed by atoms with Crippen molar-refractivity contribution in [3.05, 3.63) is 54.1 Å². The Labute approximate surface area is 112 Å². The second-order valence-electron chi connectivity index (χ2n) is 4.16. The average Bonchev–Trinajstić information content (AvgIpc) is 2.37. The molecule has 0 aliphatic rings. The zero-order valence-corrected chi connectivity index (χ0v) is 11.0. The van der Waals surface area contributed by atoms with Crippen LogP contribution in [0.4, 0.5) is 5.69 Å². The van der Waals surface area contributed by atoms with Gasteiger partial charge in [0.25, 0.3) is 0 Å². The number of nitrogen functional groups attached to an aromatic ring is 1. The normalized spacial score (nSPS) is 10.4. The van der Waals surface area contributed by atoms with Gasteiger partial charge in [0.1, 0.15) is 5.75 Å². The van der Waals surface area contributed by atoms with Crippen molar-refractivity contribution in [1.29, 1.82) is 0 Å². The smallest absolute Gasteiger partial charge is 0.129 e. The van der Waals surface area contributed by atoms with Crippen LogP contribution in [0.15, 0.2) is 53.4 Å². The molecule has 0 fully saturated rings. The first-order chi connectivity index (χ1) is 8.75. The molecule has 0 saturated heterocycles. The summed E-state index contributed by atoms with van der Waals surface area (Å²) in [6.07, 6.45) is 2.09. The molecule has 3 N–H and O–H groups in total. The summed E-state index contributed by atoms with van der Waals surface area (Å²) in [6, 6.07) is 15.5. The molecule has 0 aliphatic carbocycles. The van der Waals surface area contributed by atoms with Crippen molar-refractivity contribution in [3.63, 3.8) is 0 Å². The number of aromatic hydroxyl groups is 1. The highest BCUT2D eigenvalue weighted by atomic mass is 32.2. The molecular weight excluding hydrogens is 242 g/mol. The van der Waals surface area contributed by atoms with Crippen LogP contribution in [-0.2, 0) is 6.42 Å². The molecule has 0 atom stereocenters. The molecule has 2 nitrogen and oxygen atoms in total. The van der Waals surface area contributed by atoms with Crippen LogP contribution in [-0.4, -0.2) is 10.9 Å². The van der Waals surface area contributed by atoms with Gasteiger partial charge in [0.15, 0.2) is 0 Å². The summed E-state index contributed by atoms with van der Waals surface area (Å²) in [7, 11) is 0. The van der Waals surface area contributed by atoms with Gasteiger partial charge in [-0.05, 0) is 48.4 Å². The number of phenolic OH excluding ortho intramolecular Hbond substituents is 1. The van der Waals surface area contributed by atoms with E-state index < -0.39 is 0 Å². The lowest BCUT2D eigenvalue weighted by atomic mass is 10.1. The fraction of sp³-hybridized carbons (Fsp3) is 0.200. The minimum Gasteiger partial charge on any atom is -0.507 e. The van der Waals surface area contributed by atoms with Gasteiger partial charge < -0.3 is 10.8 Å². The Balaban J connectivity index is 1.78. The van der Waals surface area contributed by atoms with Gasteiger partial charge in [-0.25, -0.2) is 0 Å². The van der Waals surface area contributed by atoms with Gasteiger partial charge in [0, 0.05) is 10.6 Å². The van der Waals surface area contributed by atoms with Crippen molar-refractivity contribution in [1.82, 2.24) is 0 Å². The number of para-hydroxylation sites is 1. The molecular formula is C15H17NOS. The Hall–Kier alpha value is -1.61. The van der Waals surface area contributed by atoms with Gasteiger partial charge in [-0.2, -0.15) is 0 Å². The predicted molar refractivity (Wildman–Crippen MR) is 78.0 cm³/mol. The van der Waals surface area contributed by atoms with Gasteiger partial charge >= 0.3 is 0 Å². The molecule has 0 radical (unpaired) electrons. The monoisotopic (exact) mass is 259 g/mol. The van der Waals surface area contributed by atoms with E-state index in [0.717, 1.165) is 29.2 Å². The largest absolute Gasteiger partial charge is 0.507 e. The Morgan fingerprint density at radius 3 is 2.67 bits per heavy atom. The van der Waals surface area contributed by atoms with Crippen LogP contribution in [0.5, 0.6) is 5.75 Å². The highest BCUT2D eigenvalue weighted by molar-refractivity contribution is 7.99. The summed E-state index contributed by atoms with van der Waals surface area (Å²) in [4.78, 5) is 0.949. The highest BCUT2D eigenvalue weighted by Crippen LogP contribution is 2.28. The maximum absolute atomic E-state index is 9.63. The fourth-order valence-electron chi connectivity index (χ4n) is 1.79. The van der Waals surface area contributed by atoms with Crippen LogP contribution < -0.4 is 5.73 Å². The predicted octanol–water partition coefficient (Wildman–Crippen LogP) is 3.70. The maximum atomic E-state index is 9.63. The number of phenols is 1. The average molecular weight is 259 g/mol. The quantitative estimate of drug-likeness (QED) is 0.489. The molecule has 2 aromatic carbocycles. The number of thioether (sulfide) groups is 1. The molecule has 18 heavy (non-hydrogen) atoms. The molecule has 0 aliphatic heterocycles. The summed E-state index contributed by atoms with van der Waals surface area (Å²) in [5.41, 5.74) is 7.83. The third-order valence-electron chi connectivity index (χ3n) is 2.68. The third kappa shape index (κ3) is 3.70. The first-order valence-corrected chi connectivity index (χ1v) is 6.99. The topological polar surface area (TPSA) is 46.2 Å². The fourth-order valence-corrected chi connectivity index (χ4v) is 2.69. The van der Waals surface area contributed by atoms with Crippen LogP contribution in [0.1, 0.15) is 12.0 Å². The lowest BCUT2D eigenvalue weighted by molar-refractivity contribution is 0.462. The van der Waals surface area contributed by atoms with E-state index in [1.165, 1.54) is 5.56 Å². The molecule has 2 rings (SSSR count). The van der Waals surface area contributed by atoms with Crippen LogP contribution in [0.2, 0.25) is 0 Å². The van der Waals surface area contributed by atoms with Crippen molar-refractivity contribution in [3.8, 4) is 5.75 Å². The minimum absolute atomic E-state index is 0.367. The summed E-state index contributed by atoms with van der Waals surface area (Å²) >= 11 is 1.69. The molecule has 0 saturated carbocycles. The lowest BCUT2D eigenvalue weighted by Gasteiger charge is -2.04. The number of anilines is 1. The van der Waals surface area contributed by atoms with Crippen molar-refractivity contribution in [2.75, 3.05) is 11.5 Å². The van der Waals surface area contributed by atoms with E-state index in [9.17, 15) is 5.11 Å². The van der Waals surface area contributed by atoms with Gasteiger partial charge in [0.05, 0.1) is 0 Å². The summed E-state index contributed by atoms with van der Waals surface area (Å²) in [5, 5.41) is 9.63. The molecule has 0 amide bonds.